The van der Waals surface area contributed by atoms with Crippen LogP contribution in [0.5, 0.6) is 0 Å². The van der Waals surface area contributed by atoms with Gasteiger partial charge in [-0.25, -0.2) is 0 Å². The molecule has 12 heavy (non-hydrogen) atoms. The molecule has 0 spiro atoms. The number of rotatable bonds is 2. The Morgan fingerprint density at radius 1 is 1.50 bits per heavy atom. The summed E-state index contributed by atoms with van der Waals surface area (Å²) in [5.41, 5.74) is 9.39. The third kappa shape index (κ3) is 2.15. The van der Waals surface area contributed by atoms with E-state index in [0.717, 1.165) is 5.56 Å². The van der Waals surface area contributed by atoms with Crippen LogP contribution in [-0.4, -0.2) is 0 Å². The van der Waals surface area contributed by atoms with E-state index in [4.69, 9.17) is 23.2 Å². The van der Waals surface area contributed by atoms with Crippen LogP contribution < -0.4 is 17.0 Å². The molecule has 0 fully saturated rings. The number of hydrazine groups is 1. The van der Waals surface area contributed by atoms with Crippen molar-refractivity contribution in [1.29, 1.82) is 0 Å². The summed E-state index contributed by atoms with van der Waals surface area (Å²) in [6, 6.07) is 7.24. The fraction of sp³-hybridized carbons (Fsp3) is 0. The Hall–Kier alpha value is -1.19. The lowest BCUT2D eigenvalue weighted by Crippen LogP contribution is -2.16. The molecule has 1 aromatic carbocycles. The minimum atomic E-state index is 0.556. The molecule has 3 nitrogen and oxygen atoms in total. The molecule has 0 saturated carbocycles. The van der Waals surface area contributed by atoms with Crippen molar-refractivity contribution in [3.05, 3.63) is 41.1 Å². The lowest BCUT2D eigenvalue weighted by molar-refractivity contribution is 0.967. The molecule has 0 bridgehead atoms. The summed E-state index contributed by atoms with van der Waals surface area (Å²) in [6.07, 6.45) is 1.51. The highest BCUT2D eigenvalue weighted by Gasteiger charge is 1.95. The zero-order valence-electron chi connectivity index (χ0n) is 6.42. The molecule has 0 heterocycles. The van der Waals surface area contributed by atoms with Crippen molar-refractivity contribution in [2.45, 2.75) is 0 Å². The molecular formula is C8H10ClN3. The van der Waals surface area contributed by atoms with Crippen molar-refractivity contribution in [2.24, 2.45) is 11.6 Å². The largest absolute Gasteiger partial charge is 0.397 e. The molecule has 0 saturated heterocycles. The molecule has 1 aromatic rings. The number of hydrogen-bond acceptors (Lipinski definition) is 3. The van der Waals surface area contributed by atoms with Crippen LogP contribution >= 0.6 is 11.6 Å². The monoisotopic (exact) mass is 183 g/mol. The van der Waals surface area contributed by atoms with E-state index in [2.05, 4.69) is 5.43 Å². The molecule has 0 radical (unpaired) electrons. The number of hydrogen-bond donors (Lipinski definition) is 3. The van der Waals surface area contributed by atoms with Gasteiger partial charge in [0, 0.05) is 16.8 Å². The van der Waals surface area contributed by atoms with Crippen molar-refractivity contribution in [1.82, 2.24) is 5.43 Å². The Kier molecular flexibility index (Phi) is 2.96. The van der Waals surface area contributed by atoms with Gasteiger partial charge < -0.3 is 11.2 Å². The molecule has 0 aliphatic heterocycles. The SMILES string of the molecule is NN/C=C(\N)c1cccc(Cl)c1. The number of nitrogens with two attached hydrogens (primary N) is 2. The van der Waals surface area contributed by atoms with Gasteiger partial charge in [0.2, 0.25) is 0 Å². The fourth-order valence-corrected chi connectivity index (χ4v) is 1.03. The van der Waals surface area contributed by atoms with Gasteiger partial charge in [0.25, 0.3) is 0 Å². The quantitative estimate of drug-likeness (QED) is 0.475. The van der Waals surface area contributed by atoms with E-state index in [1.807, 2.05) is 12.1 Å². The van der Waals surface area contributed by atoms with E-state index in [1.54, 1.807) is 12.1 Å². The van der Waals surface area contributed by atoms with E-state index in [9.17, 15) is 0 Å². The van der Waals surface area contributed by atoms with Crippen LogP contribution in [0.2, 0.25) is 5.02 Å². The lowest BCUT2D eigenvalue weighted by atomic mass is 10.2. The van der Waals surface area contributed by atoms with Crippen molar-refractivity contribution in [3.63, 3.8) is 0 Å². The smallest absolute Gasteiger partial charge is 0.0562 e. The first-order chi connectivity index (χ1) is 5.74. The molecule has 0 unspecified atom stereocenters. The van der Waals surface area contributed by atoms with Crippen molar-refractivity contribution in [2.75, 3.05) is 0 Å². The maximum Gasteiger partial charge on any atom is 0.0562 e. The zero-order chi connectivity index (χ0) is 8.97. The van der Waals surface area contributed by atoms with Gasteiger partial charge in [0.05, 0.1) is 5.70 Å². The summed E-state index contributed by atoms with van der Waals surface area (Å²) in [7, 11) is 0. The van der Waals surface area contributed by atoms with Crippen LogP contribution in [-0.2, 0) is 0 Å². The van der Waals surface area contributed by atoms with Crippen molar-refractivity contribution in [3.8, 4) is 0 Å². The second kappa shape index (κ2) is 3.99. The molecule has 0 aromatic heterocycles. The third-order valence-electron chi connectivity index (χ3n) is 1.40. The maximum atomic E-state index is 5.75. The Bertz CT molecular complexity index is 296. The lowest BCUT2D eigenvalue weighted by Gasteiger charge is -2.01. The standard InChI is InChI=1S/C8H10ClN3/c9-7-3-1-2-6(4-7)8(10)5-12-11/h1-5,12H,10-11H2/b8-5-. The molecule has 0 atom stereocenters. The highest BCUT2D eigenvalue weighted by atomic mass is 35.5. The number of benzene rings is 1. The van der Waals surface area contributed by atoms with E-state index >= 15 is 0 Å². The van der Waals surface area contributed by atoms with Gasteiger partial charge in [-0.2, -0.15) is 0 Å². The van der Waals surface area contributed by atoms with Crippen LogP contribution in [0.3, 0.4) is 0 Å². The normalized spacial score (nSPS) is 11.3. The molecule has 0 aliphatic carbocycles. The van der Waals surface area contributed by atoms with Gasteiger partial charge >= 0.3 is 0 Å². The minimum Gasteiger partial charge on any atom is -0.397 e. The van der Waals surface area contributed by atoms with Crippen LogP contribution in [0.25, 0.3) is 5.70 Å². The van der Waals surface area contributed by atoms with E-state index < -0.39 is 0 Å². The first kappa shape index (κ1) is 8.90. The highest BCUT2D eigenvalue weighted by molar-refractivity contribution is 6.30. The molecule has 5 N–H and O–H groups in total. The van der Waals surface area contributed by atoms with Crippen LogP contribution in [0.15, 0.2) is 30.5 Å². The van der Waals surface area contributed by atoms with Gasteiger partial charge in [0.1, 0.15) is 0 Å². The van der Waals surface area contributed by atoms with E-state index in [0.29, 0.717) is 10.7 Å². The minimum absolute atomic E-state index is 0.556. The number of halogens is 1. The summed E-state index contributed by atoms with van der Waals surface area (Å²) in [6.45, 7) is 0. The summed E-state index contributed by atoms with van der Waals surface area (Å²) in [4.78, 5) is 0. The second-order valence-electron chi connectivity index (χ2n) is 2.28. The topological polar surface area (TPSA) is 64.1 Å². The Morgan fingerprint density at radius 3 is 2.83 bits per heavy atom. The van der Waals surface area contributed by atoms with Crippen molar-refractivity contribution < 1.29 is 0 Å². The van der Waals surface area contributed by atoms with Gasteiger partial charge in [-0.15, -0.1) is 0 Å². The van der Waals surface area contributed by atoms with Crippen molar-refractivity contribution >= 4 is 17.3 Å². The maximum absolute atomic E-state index is 5.75. The fourth-order valence-electron chi connectivity index (χ4n) is 0.841. The molecule has 0 amide bonds. The van der Waals surface area contributed by atoms with Gasteiger partial charge in [-0.1, -0.05) is 23.7 Å². The molecular weight excluding hydrogens is 174 g/mol. The molecule has 64 valence electrons. The number of nitrogens with one attached hydrogen (secondary N) is 1. The Morgan fingerprint density at radius 2 is 2.25 bits per heavy atom. The van der Waals surface area contributed by atoms with Crippen LogP contribution in [0.1, 0.15) is 5.56 Å². The first-order valence-corrected chi connectivity index (χ1v) is 3.79. The summed E-state index contributed by atoms with van der Waals surface area (Å²) < 4.78 is 0. The molecule has 0 aliphatic rings. The Balaban J connectivity index is 2.95. The average molecular weight is 184 g/mol. The van der Waals surface area contributed by atoms with Gasteiger partial charge in [0.15, 0.2) is 0 Å². The highest BCUT2D eigenvalue weighted by Crippen LogP contribution is 2.14. The molecule has 1 rings (SSSR count). The van der Waals surface area contributed by atoms with Crippen LogP contribution in [0.4, 0.5) is 0 Å². The first-order valence-electron chi connectivity index (χ1n) is 3.42. The van der Waals surface area contributed by atoms with Gasteiger partial charge in [-0.05, 0) is 12.1 Å². The predicted octanol–water partition coefficient (Wildman–Crippen LogP) is 1.06. The second-order valence-corrected chi connectivity index (χ2v) is 2.71. The summed E-state index contributed by atoms with van der Waals surface area (Å²) in [5, 5.41) is 0.654. The molecule has 4 heteroatoms. The van der Waals surface area contributed by atoms with Gasteiger partial charge in [-0.3, -0.25) is 5.84 Å². The predicted molar refractivity (Wildman–Crippen MR) is 50.9 cm³/mol. The summed E-state index contributed by atoms with van der Waals surface area (Å²) >= 11 is 5.75. The van der Waals surface area contributed by atoms with E-state index in [1.165, 1.54) is 6.20 Å². The summed E-state index contributed by atoms with van der Waals surface area (Å²) in [5.74, 6) is 5.07. The Labute approximate surface area is 76.0 Å². The van der Waals surface area contributed by atoms with Crippen LogP contribution in [0, 0.1) is 0 Å². The third-order valence-corrected chi connectivity index (χ3v) is 1.63. The zero-order valence-corrected chi connectivity index (χ0v) is 7.18. The average Bonchev–Trinajstić information content (AvgIpc) is 2.05. The van der Waals surface area contributed by atoms with E-state index in [-0.39, 0.29) is 0 Å².